The number of amides is 3. The van der Waals surface area contributed by atoms with Crippen molar-refractivity contribution in [1.82, 2.24) is 10.6 Å². The van der Waals surface area contributed by atoms with Gasteiger partial charge in [0, 0.05) is 13.6 Å². The Morgan fingerprint density at radius 2 is 2.00 bits per heavy atom. The summed E-state index contributed by atoms with van der Waals surface area (Å²) in [5, 5.41) is 4.17. The minimum Gasteiger partial charge on any atom is -0.452 e. The first-order chi connectivity index (χ1) is 11.7. The largest absolute Gasteiger partial charge is 0.452 e. The summed E-state index contributed by atoms with van der Waals surface area (Å²) in [7, 11) is -2.03. The van der Waals surface area contributed by atoms with Gasteiger partial charge in [0.15, 0.2) is 6.61 Å². The number of fused-ring (bicyclic) bond motifs is 1. The molecular formula is C15H19N3O6S. The average Bonchev–Trinajstić information content (AvgIpc) is 2.57. The first-order valence-electron chi connectivity index (χ1n) is 7.51. The van der Waals surface area contributed by atoms with Crippen LogP contribution in [0.5, 0.6) is 0 Å². The van der Waals surface area contributed by atoms with E-state index in [9.17, 15) is 22.8 Å². The highest BCUT2D eigenvalue weighted by Gasteiger charge is 2.25. The third kappa shape index (κ3) is 4.69. The van der Waals surface area contributed by atoms with Gasteiger partial charge in [-0.3, -0.25) is 14.4 Å². The molecule has 1 aromatic carbocycles. The molecule has 1 heterocycles. The molecule has 1 aliphatic heterocycles. The summed E-state index contributed by atoms with van der Waals surface area (Å²) >= 11 is 0. The van der Waals surface area contributed by atoms with Crippen LogP contribution >= 0.6 is 0 Å². The normalized spacial score (nSPS) is 13.6. The number of rotatable bonds is 4. The van der Waals surface area contributed by atoms with Crippen LogP contribution in [0.3, 0.4) is 0 Å². The number of esters is 1. The maximum absolute atomic E-state index is 12.0. The van der Waals surface area contributed by atoms with Gasteiger partial charge in [-0.2, -0.15) is 0 Å². The quantitative estimate of drug-likeness (QED) is 0.721. The van der Waals surface area contributed by atoms with Gasteiger partial charge >= 0.3 is 12.0 Å². The fraction of sp³-hybridized carbons (Fsp3) is 0.400. The topological polar surface area (TPSA) is 122 Å². The van der Waals surface area contributed by atoms with Crippen LogP contribution < -0.4 is 14.9 Å². The lowest BCUT2D eigenvalue weighted by Crippen LogP contribution is -2.39. The van der Waals surface area contributed by atoms with E-state index in [1.807, 2.05) is 5.32 Å². The second kappa shape index (κ2) is 7.51. The van der Waals surface area contributed by atoms with Gasteiger partial charge in [0.25, 0.3) is 5.91 Å². The van der Waals surface area contributed by atoms with E-state index >= 15 is 0 Å². The number of nitrogens with zero attached hydrogens (tertiary/aromatic N) is 1. The minimum absolute atomic E-state index is 0.210. The van der Waals surface area contributed by atoms with E-state index in [0.29, 0.717) is 25.1 Å². The molecule has 9 nitrogen and oxygen atoms in total. The Labute approximate surface area is 145 Å². The predicted molar refractivity (Wildman–Crippen MR) is 89.8 cm³/mol. The van der Waals surface area contributed by atoms with Gasteiger partial charge in [-0.05, 0) is 36.6 Å². The lowest BCUT2D eigenvalue weighted by atomic mass is 10.0. The van der Waals surface area contributed by atoms with Crippen molar-refractivity contribution in [2.75, 3.05) is 30.8 Å². The molecule has 3 amide bonds. The maximum Gasteiger partial charge on any atom is 0.338 e. The van der Waals surface area contributed by atoms with Crippen LogP contribution in [0.25, 0.3) is 0 Å². The van der Waals surface area contributed by atoms with Crippen LogP contribution in [-0.2, 0) is 26.0 Å². The number of carbonyl (C=O) groups is 3. The van der Waals surface area contributed by atoms with Crippen LogP contribution in [0, 0.1) is 0 Å². The number of nitrogens with one attached hydrogen (secondary N) is 2. The van der Waals surface area contributed by atoms with Crippen molar-refractivity contribution in [2.24, 2.45) is 0 Å². The number of hydrogen-bond donors (Lipinski definition) is 2. The minimum atomic E-state index is -3.38. The van der Waals surface area contributed by atoms with Crippen molar-refractivity contribution < 1.29 is 27.5 Å². The molecule has 2 N–H and O–H groups in total. The number of hydrogen-bond acceptors (Lipinski definition) is 6. The third-order valence-corrected chi connectivity index (χ3v) is 4.79. The summed E-state index contributed by atoms with van der Waals surface area (Å²) in [4.78, 5) is 34.4. The van der Waals surface area contributed by atoms with E-state index < -0.39 is 34.5 Å². The molecule has 2 rings (SSSR count). The van der Waals surface area contributed by atoms with E-state index in [-0.39, 0.29) is 5.56 Å². The Morgan fingerprint density at radius 1 is 1.28 bits per heavy atom. The lowest BCUT2D eigenvalue weighted by molar-refractivity contribution is -0.123. The van der Waals surface area contributed by atoms with Crippen molar-refractivity contribution in [2.45, 2.75) is 12.8 Å². The van der Waals surface area contributed by atoms with E-state index in [0.717, 1.165) is 11.8 Å². The van der Waals surface area contributed by atoms with Crippen LogP contribution in [0.4, 0.5) is 10.5 Å². The monoisotopic (exact) mass is 369 g/mol. The lowest BCUT2D eigenvalue weighted by Gasteiger charge is -2.29. The Kier molecular flexibility index (Phi) is 5.62. The molecule has 10 heteroatoms. The molecule has 136 valence electrons. The van der Waals surface area contributed by atoms with Crippen molar-refractivity contribution in [1.29, 1.82) is 0 Å². The van der Waals surface area contributed by atoms with E-state index in [2.05, 4.69) is 5.32 Å². The van der Waals surface area contributed by atoms with E-state index in [1.54, 1.807) is 12.1 Å². The van der Waals surface area contributed by atoms with Gasteiger partial charge in [-0.15, -0.1) is 0 Å². The smallest absolute Gasteiger partial charge is 0.338 e. The number of anilines is 1. The summed E-state index contributed by atoms with van der Waals surface area (Å²) in [5.74, 6) is -1.49. The Bertz CT molecular complexity index is 805. The number of ether oxygens (including phenoxy) is 1. The summed E-state index contributed by atoms with van der Waals surface area (Å²) in [6.07, 6.45) is 2.42. The number of aryl methyl sites for hydroxylation is 1. The third-order valence-electron chi connectivity index (χ3n) is 3.61. The van der Waals surface area contributed by atoms with Crippen molar-refractivity contribution in [3.63, 3.8) is 0 Å². The summed E-state index contributed by atoms with van der Waals surface area (Å²) < 4.78 is 29.8. The van der Waals surface area contributed by atoms with Gasteiger partial charge in [0.1, 0.15) is 0 Å². The van der Waals surface area contributed by atoms with Crippen molar-refractivity contribution in [3.8, 4) is 0 Å². The number of urea groups is 1. The van der Waals surface area contributed by atoms with Crippen molar-refractivity contribution >= 4 is 33.6 Å². The molecule has 0 bridgehead atoms. The summed E-state index contributed by atoms with van der Waals surface area (Å²) in [6, 6.07) is 3.86. The van der Waals surface area contributed by atoms with Crippen LogP contribution in [0.1, 0.15) is 22.3 Å². The molecule has 0 radical (unpaired) electrons. The first-order valence-corrected chi connectivity index (χ1v) is 9.36. The highest BCUT2D eigenvalue weighted by molar-refractivity contribution is 7.92. The fourth-order valence-electron chi connectivity index (χ4n) is 2.47. The van der Waals surface area contributed by atoms with Gasteiger partial charge in [-0.25, -0.2) is 18.0 Å². The Morgan fingerprint density at radius 3 is 2.64 bits per heavy atom. The molecule has 0 saturated heterocycles. The molecule has 25 heavy (non-hydrogen) atoms. The molecule has 1 aliphatic rings. The molecular weight excluding hydrogens is 350 g/mol. The molecule has 0 unspecified atom stereocenters. The highest BCUT2D eigenvalue weighted by atomic mass is 32.2. The molecule has 0 spiro atoms. The van der Waals surface area contributed by atoms with Crippen LogP contribution in [0.2, 0.25) is 0 Å². The summed E-state index contributed by atoms with van der Waals surface area (Å²) in [6.45, 7) is -0.200. The second-order valence-corrected chi connectivity index (χ2v) is 7.39. The van der Waals surface area contributed by atoms with E-state index in [4.69, 9.17) is 4.74 Å². The van der Waals surface area contributed by atoms with Gasteiger partial charge < -0.3 is 10.1 Å². The average molecular weight is 369 g/mol. The number of benzene rings is 1. The standard InChI is InChI=1S/C15H19N3O6S/c1-16-15(21)17-13(19)9-24-14(20)11-5-6-12-10(8-11)4-3-7-18(12)25(2,22)23/h5-6,8H,3-4,7,9H2,1-2H3,(H2,16,17,19,21). The Balaban J connectivity index is 2.07. The first kappa shape index (κ1) is 18.7. The number of imide groups is 1. The Hall–Kier alpha value is -2.62. The maximum atomic E-state index is 12.0. The van der Waals surface area contributed by atoms with Gasteiger partial charge in [0.05, 0.1) is 17.5 Å². The number of sulfonamides is 1. The van der Waals surface area contributed by atoms with Gasteiger partial charge in [0.2, 0.25) is 10.0 Å². The molecule has 0 atom stereocenters. The fourth-order valence-corrected chi connectivity index (χ4v) is 3.47. The molecule has 0 aliphatic carbocycles. The van der Waals surface area contributed by atoms with Crippen LogP contribution in [-0.4, -0.2) is 52.8 Å². The molecule has 0 fully saturated rings. The highest BCUT2D eigenvalue weighted by Crippen LogP contribution is 2.30. The van der Waals surface area contributed by atoms with E-state index in [1.165, 1.54) is 17.4 Å². The zero-order valence-electron chi connectivity index (χ0n) is 13.9. The van der Waals surface area contributed by atoms with Crippen molar-refractivity contribution in [3.05, 3.63) is 29.3 Å². The molecule has 1 aromatic rings. The van der Waals surface area contributed by atoms with Gasteiger partial charge in [-0.1, -0.05) is 0 Å². The number of carbonyl (C=O) groups excluding carboxylic acids is 3. The zero-order valence-corrected chi connectivity index (χ0v) is 14.7. The second-order valence-electron chi connectivity index (χ2n) is 5.49. The predicted octanol–water partition coefficient (Wildman–Crippen LogP) is 0.0112. The SMILES string of the molecule is CNC(=O)NC(=O)COC(=O)c1ccc2c(c1)CCCN2S(C)(=O)=O. The summed E-state index contributed by atoms with van der Waals surface area (Å²) in [5.41, 5.74) is 1.48. The zero-order chi connectivity index (χ0) is 18.6. The molecule has 0 aromatic heterocycles. The van der Waals surface area contributed by atoms with Crippen LogP contribution in [0.15, 0.2) is 18.2 Å². The molecule has 0 saturated carbocycles.